The minimum absolute atomic E-state index is 0.210. The Kier molecular flexibility index (Phi) is 2.41. The lowest BCUT2D eigenvalue weighted by Gasteiger charge is -2.06. The Labute approximate surface area is 104 Å². The van der Waals surface area contributed by atoms with Gasteiger partial charge in [-0.1, -0.05) is 18.2 Å². The van der Waals surface area contributed by atoms with Gasteiger partial charge in [-0.05, 0) is 24.3 Å². The molecule has 0 atom stereocenters. The molecular weight excluding hydrogens is 228 g/mol. The number of nitrogens with one attached hydrogen (secondary N) is 1. The summed E-state index contributed by atoms with van der Waals surface area (Å²) >= 11 is 0. The number of hydrogen-bond acceptors (Lipinski definition) is 3. The fraction of sp³-hybridized carbons (Fsp3) is 0.0714. The predicted octanol–water partition coefficient (Wildman–Crippen LogP) is 2.94. The first-order valence-corrected chi connectivity index (χ1v) is 5.60. The van der Waals surface area contributed by atoms with E-state index >= 15 is 0 Å². The highest BCUT2D eigenvalue weighted by atomic mass is 16.5. The van der Waals surface area contributed by atoms with Crippen LogP contribution in [0.5, 0.6) is 11.5 Å². The standard InChI is InChI=1S/C14H12N2O2/c1-18-12-8-3-2-5-9(12)14-13-10(15-16-14)6-4-7-11(13)17/h2-8,17H,1H3,(H,15,16). The lowest BCUT2D eigenvalue weighted by molar-refractivity contribution is 0.416. The summed E-state index contributed by atoms with van der Waals surface area (Å²) in [6.45, 7) is 0. The van der Waals surface area contributed by atoms with Crippen LogP contribution in [0.25, 0.3) is 22.2 Å². The van der Waals surface area contributed by atoms with Crippen molar-refractivity contribution in [2.75, 3.05) is 7.11 Å². The second-order valence-electron chi connectivity index (χ2n) is 3.97. The molecule has 1 aromatic heterocycles. The number of rotatable bonds is 2. The van der Waals surface area contributed by atoms with Crippen molar-refractivity contribution in [2.24, 2.45) is 0 Å². The van der Waals surface area contributed by atoms with E-state index in [1.54, 1.807) is 19.2 Å². The first-order valence-electron chi connectivity index (χ1n) is 5.60. The smallest absolute Gasteiger partial charge is 0.128 e. The van der Waals surface area contributed by atoms with Crippen molar-refractivity contribution in [3.05, 3.63) is 42.5 Å². The van der Waals surface area contributed by atoms with Crippen molar-refractivity contribution < 1.29 is 9.84 Å². The highest BCUT2D eigenvalue weighted by molar-refractivity contribution is 5.98. The highest BCUT2D eigenvalue weighted by Crippen LogP contribution is 2.36. The number of hydrogen-bond donors (Lipinski definition) is 2. The van der Waals surface area contributed by atoms with E-state index in [0.717, 1.165) is 16.8 Å². The van der Waals surface area contributed by atoms with Crippen LogP contribution in [0.2, 0.25) is 0 Å². The van der Waals surface area contributed by atoms with Gasteiger partial charge in [-0.2, -0.15) is 5.10 Å². The number of benzene rings is 2. The molecule has 0 unspecified atom stereocenters. The molecule has 2 aromatic carbocycles. The van der Waals surface area contributed by atoms with Crippen LogP contribution in [0.4, 0.5) is 0 Å². The normalized spacial score (nSPS) is 10.7. The second kappa shape index (κ2) is 4.07. The minimum atomic E-state index is 0.210. The van der Waals surface area contributed by atoms with Gasteiger partial charge in [0.05, 0.1) is 18.0 Å². The number of ether oxygens (including phenoxy) is 1. The number of H-pyrrole nitrogens is 1. The molecule has 1 heterocycles. The Bertz CT molecular complexity index is 704. The van der Waals surface area contributed by atoms with Crippen molar-refractivity contribution in [3.63, 3.8) is 0 Å². The summed E-state index contributed by atoms with van der Waals surface area (Å²) in [5.74, 6) is 0.941. The van der Waals surface area contributed by atoms with E-state index in [9.17, 15) is 5.11 Å². The monoisotopic (exact) mass is 240 g/mol. The molecule has 4 nitrogen and oxygen atoms in total. The van der Waals surface area contributed by atoms with Crippen molar-refractivity contribution in [1.29, 1.82) is 0 Å². The maximum absolute atomic E-state index is 9.97. The average Bonchev–Trinajstić information content (AvgIpc) is 2.84. The van der Waals surface area contributed by atoms with Gasteiger partial charge in [0.2, 0.25) is 0 Å². The van der Waals surface area contributed by atoms with Crippen LogP contribution in [0.15, 0.2) is 42.5 Å². The van der Waals surface area contributed by atoms with Crippen LogP contribution in [-0.2, 0) is 0 Å². The Morgan fingerprint density at radius 1 is 1.11 bits per heavy atom. The molecule has 18 heavy (non-hydrogen) atoms. The number of fused-ring (bicyclic) bond motifs is 1. The summed E-state index contributed by atoms with van der Waals surface area (Å²) in [4.78, 5) is 0. The van der Waals surface area contributed by atoms with Crippen molar-refractivity contribution in [1.82, 2.24) is 10.2 Å². The zero-order valence-corrected chi connectivity index (χ0v) is 9.84. The Balaban J connectivity index is 2.32. The molecule has 0 saturated heterocycles. The number of aromatic hydroxyl groups is 1. The molecule has 0 spiro atoms. The number of phenols is 1. The summed E-state index contributed by atoms with van der Waals surface area (Å²) in [6, 6.07) is 12.9. The molecular formula is C14H12N2O2. The van der Waals surface area contributed by atoms with Crippen LogP contribution >= 0.6 is 0 Å². The summed E-state index contributed by atoms with van der Waals surface area (Å²) in [5.41, 5.74) is 2.35. The van der Waals surface area contributed by atoms with Crippen LogP contribution in [0.1, 0.15) is 0 Å². The van der Waals surface area contributed by atoms with Gasteiger partial charge in [-0.3, -0.25) is 5.10 Å². The molecule has 0 amide bonds. The lowest BCUT2D eigenvalue weighted by atomic mass is 10.1. The topological polar surface area (TPSA) is 58.1 Å². The molecule has 0 fully saturated rings. The zero-order valence-electron chi connectivity index (χ0n) is 9.84. The molecule has 3 rings (SSSR count). The first kappa shape index (κ1) is 10.7. The number of aromatic nitrogens is 2. The van der Waals surface area contributed by atoms with Crippen LogP contribution in [-0.4, -0.2) is 22.4 Å². The lowest BCUT2D eigenvalue weighted by Crippen LogP contribution is -1.88. The van der Waals surface area contributed by atoms with Gasteiger partial charge in [-0.25, -0.2) is 0 Å². The van der Waals surface area contributed by atoms with Gasteiger partial charge < -0.3 is 9.84 Å². The maximum atomic E-state index is 9.97. The van der Waals surface area contributed by atoms with Gasteiger partial charge in [0.25, 0.3) is 0 Å². The molecule has 0 radical (unpaired) electrons. The number of phenolic OH excluding ortho intramolecular Hbond substituents is 1. The van der Waals surface area contributed by atoms with Crippen LogP contribution < -0.4 is 4.74 Å². The Morgan fingerprint density at radius 3 is 2.78 bits per heavy atom. The van der Waals surface area contributed by atoms with Crippen molar-refractivity contribution >= 4 is 10.9 Å². The number of methoxy groups -OCH3 is 1. The molecule has 0 aliphatic rings. The number of para-hydroxylation sites is 1. The third-order valence-electron chi connectivity index (χ3n) is 2.93. The molecule has 3 aromatic rings. The maximum Gasteiger partial charge on any atom is 0.128 e. The molecule has 90 valence electrons. The summed E-state index contributed by atoms with van der Waals surface area (Å²) < 4.78 is 5.32. The van der Waals surface area contributed by atoms with Gasteiger partial charge in [-0.15, -0.1) is 0 Å². The molecule has 0 aliphatic carbocycles. The average molecular weight is 240 g/mol. The minimum Gasteiger partial charge on any atom is -0.507 e. The zero-order chi connectivity index (χ0) is 12.5. The van der Waals surface area contributed by atoms with E-state index in [2.05, 4.69) is 10.2 Å². The SMILES string of the molecule is COc1ccccc1-c1n[nH]c2cccc(O)c12. The third-order valence-corrected chi connectivity index (χ3v) is 2.93. The fourth-order valence-corrected chi connectivity index (χ4v) is 2.09. The largest absolute Gasteiger partial charge is 0.507 e. The van der Waals surface area contributed by atoms with E-state index in [-0.39, 0.29) is 5.75 Å². The van der Waals surface area contributed by atoms with E-state index in [1.807, 2.05) is 30.3 Å². The molecule has 4 heteroatoms. The van der Waals surface area contributed by atoms with Gasteiger partial charge in [0, 0.05) is 5.56 Å². The molecule has 2 N–H and O–H groups in total. The molecule has 0 aliphatic heterocycles. The number of nitrogens with zero attached hydrogens (tertiary/aromatic N) is 1. The van der Waals surface area contributed by atoms with Crippen molar-refractivity contribution in [3.8, 4) is 22.8 Å². The summed E-state index contributed by atoms with van der Waals surface area (Å²) in [5, 5.41) is 17.9. The number of aromatic amines is 1. The Hall–Kier alpha value is -2.49. The van der Waals surface area contributed by atoms with Gasteiger partial charge >= 0.3 is 0 Å². The van der Waals surface area contributed by atoms with Crippen LogP contribution in [0.3, 0.4) is 0 Å². The van der Waals surface area contributed by atoms with Crippen molar-refractivity contribution in [2.45, 2.75) is 0 Å². The van der Waals surface area contributed by atoms with Crippen LogP contribution in [0, 0.1) is 0 Å². The molecule has 0 bridgehead atoms. The van der Waals surface area contributed by atoms with E-state index in [0.29, 0.717) is 11.1 Å². The van der Waals surface area contributed by atoms with Gasteiger partial charge in [0.15, 0.2) is 0 Å². The van der Waals surface area contributed by atoms with E-state index in [4.69, 9.17) is 4.74 Å². The fourth-order valence-electron chi connectivity index (χ4n) is 2.09. The van der Waals surface area contributed by atoms with Gasteiger partial charge in [0.1, 0.15) is 17.2 Å². The van der Waals surface area contributed by atoms with E-state index < -0.39 is 0 Å². The first-order chi connectivity index (χ1) is 8.81. The second-order valence-corrected chi connectivity index (χ2v) is 3.97. The predicted molar refractivity (Wildman–Crippen MR) is 69.7 cm³/mol. The highest BCUT2D eigenvalue weighted by Gasteiger charge is 2.14. The Morgan fingerprint density at radius 2 is 1.94 bits per heavy atom. The quantitative estimate of drug-likeness (QED) is 0.724. The van der Waals surface area contributed by atoms with E-state index in [1.165, 1.54) is 0 Å². The summed E-state index contributed by atoms with van der Waals surface area (Å²) in [7, 11) is 1.62. The molecule has 0 saturated carbocycles. The summed E-state index contributed by atoms with van der Waals surface area (Å²) in [6.07, 6.45) is 0. The third kappa shape index (κ3) is 1.50.